The van der Waals surface area contributed by atoms with Crippen LogP contribution in [0.25, 0.3) is 29.1 Å². The van der Waals surface area contributed by atoms with Crippen molar-refractivity contribution in [1.82, 2.24) is 15.0 Å². The van der Waals surface area contributed by atoms with Gasteiger partial charge in [0.05, 0.1) is 6.20 Å². The van der Waals surface area contributed by atoms with E-state index >= 15 is 0 Å². The van der Waals surface area contributed by atoms with Crippen LogP contribution in [0.2, 0.25) is 0 Å². The Bertz CT molecular complexity index is 1560. The molecule has 3 aromatic carbocycles. The molecule has 0 saturated carbocycles. The minimum absolute atomic E-state index is 0.00453. The Morgan fingerprint density at radius 1 is 0.727 bits per heavy atom. The Morgan fingerprint density at radius 3 is 2.06 bits per heavy atom. The molecule has 11 heteroatoms. The van der Waals surface area contributed by atoms with E-state index in [1.54, 1.807) is 12.1 Å². The first-order valence-electron chi connectivity index (χ1n) is 9.48. The van der Waals surface area contributed by atoms with Crippen LogP contribution in [0, 0.1) is 0 Å². The van der Waals surface area contributed by atoms with Gasteiger partial charge in [-0.25, -0.2) is 0 Å². The summed E-state index contributed by atoms with van der Waals surface area (Å²) in [4.78, 5) is 0.294. The first kappa shape index (κ1) is 22.6. The normalized spacial score (nSPS) is 12.3. The first-order valence-corrected chi connectivity index (χ1v) is 12.4. The average molecular weight is 484 g/mol. The highest BCUT2D eigenvalue weighted by Gasteiger charge is 2.22. The molecule has 0 fully saturated rings. The van der Waals surface area contributed by atoms with E-state index in [4.69, 9.17) is 0 Å². The molecular formula is C22H17N3O6S2. The van der Waals surface area contributed by atoms with Gasteiger partial charge < -0.3 is 0 Å². The molecule has 0 aliphatic heterocycles. The van der Waals surface area contributed by atoms with Crippen LogP contribution in [0.5, 0.6) is 0 Å². The summed E-state index contributed by atoms with van der Waals surface area (Å²) in [5.74, 6) is 0. The van der Waals surface area contributed by atoms with Crippen molar-refractivity contribution in [1.29, 1.82) is 0 Å². The molecule has 0 radical (unpaired) electrons. The van der Waals surface area contributed by atoms with Gasteiger partial charge in [-0.2, -0.15) is 21.9 Å². The molecule has 0 atom stereocenters. The van der Waals surface area contributed by atoms with Crippen LogP contribution in [0.3, 0.4) is 0 Å². The van der Waals surface area contributed by atoms with Gasteiger partial charge in [-0.3, -0.25) is 9.11 Å². The summed E-state index contributed by atoms with van der Waals surface area (Å²) in [6, 6.07) is 19.2. The number of aromatic nitrogens is 3. The quantitative estimate of drug-likeness (QED) is 0.313. The van der Waals surface area contributed by atoms with E-state index in [1.165, 1.54) is 48.7 Å². The van der Waals surface area contributed by atoms with Gasteiger partial charge in [-0.15, -0.1) is 9.90 Å². The Morgan fingerprint density at radius 2 is 1.36 bits per heavy atom. The fourth-order valence-electron chi connectivity index (χ4n) is 3.27. The summed E-state index contributed by atoms with van der Waals surface area (Å²) in [7, 11) is -9.22. The minimum Gasteiger partial charge on any atom is -0.282 e. The number of benzene rings is 3. The van der Waals surface area contributed by atoms with Crippen molar-refractivity contribution in [2.75, 3.05) is 0 Å². The van der Waals surface area contributed by atoms with Gasteiger partial charge in [0.25, 0.3) is 20.2 Å². The maximum Gasteiger partial charge on any atom is 0.297 e. The van der Waals surface area contributed by atoms with Crippen molar-refractivity contribution in [3.63, 3.8) is 0 Å². The number of rotatable bonds is 6. The molecule has 0 saturated heterocycles. The fraction of sp³-hybridized carbons (Fsp3) is 0. The molecule has 0 aliphatic carbocycles. The van der Waals surface area contributed by atoms with Crippen molar-refractivity contribution in [2.24, 2.45) is 0 Å². The van der Waals surface area contributed by atoms with Gasteiger partial charge in [0.15, 0.2) is 0 Å². The Labute approximate surface area is 190 Å². The molecule has 0 amide bonds. The van der Waals surface area contributed by atoms with E-state index in [2.05, 4.69) is 10.2 Å². The lowest BCUT2D eigenvalue weighted by Gasteiger charge is -2.09. The fourth-order valence-corrected chi connectivity index (χ4v) is 4.80. The summed E-state index contributed by atoms with van der Waals surface area (Å²) < 4.78 is 67.2. The Balaban J connectivity index is 1.83. The largest absolute Gasteiger partial charge is 0.297 e. The lowest BCUT2D eigenvalue weighted by atomic mass is 10.1. The van der Waals surface area contributed by atoms with E-state index in [-0.39, 0.29) is 21.7 Å². The highest BCUT2D eigenvalue weighted by molar-refractivity contribution is 7.86. The minimum atomic E-state index is -4.73. The zero-order chi connectivity index (χ0) is 23.6. The SMILES string of the molecule is O=S(=O)(O)c1ccccc1/C=C/c1cccc(-n2ncc(-c3ccccc3)n2)c1S(=O)(=O)O. The van der Waals surface area contributed by atoms with Crippen LogP contribution in [-0.4, -0.2) is 40.9 Å². The summed E-state index contributed by atoms with van der Waals surface area (Å²) >= 11 is 0. The molecule has 2 N–H and O–H groups in total. The molecule has 0 spiro atoms. The van der Waals surface area contributed by atoms with E-state index in [9.17, 15) is 25.9 Å². The van der Waals surface area contributed by atoms with E-state index in [1.807, 2.05) is 30.3 Å². The number of hydrogen-bond acceptors (Lipinski definition) is 6. The van der Waals surface area contributed by atoms with Gasteiger partial charge in [0.2, 0.25) is 0 Å². The molecule has 4 rings (SSSR count). The number of hydrogen-bond donors (Lipinski definition) is 2. The third kappa shape index (κ3) is 4.91. The lowest BCUT2D eigenvalue weighted by molar-refractivity contribution is 0.480. The van der Waals surface area contributed by atoms with Crippen LogP contribution in [0.1, 0.15) is 11.1 Å². The monoisotopic (exact) mass is 483 g/mol. The molecule has 0 unspecified atom stereocenters. The summed E-state index contributed by atoms with van der Waals surface area (Å²) in [5.41, 5.74) is 1.48. The third-order valence-electron chi connectivity index (χ3n) is 4.70. The second-order valence-electron chi connectivity index (χ2n) is 6.90. The second kappa shape index (κ2) is 8.71. The van der Waals surface area contributed by atoms with E-state index < -0.39 is 25.1 Å². The van der Waals surface area contributed by atoms with E-state index in [0.717, 1.165) is 10.4 Å². The Kier molecular flexibility index (Phi) is 5.95. The van der Waals surface area contributed by atoms with E-state index in [0.29, 0.717) is 5.69 Å². The maximum absolute atomic E-state index is 12.3. The summed E-state index contributed by atoms with van der Waals surface area (Å²) in [6.45, 7) is 0. The molecule has 1 heterocycles. The van der Waals surface area contributed by atoms with Crippen molar-refractivity contribution in [3.05, 3.63) is 90.1 Å². The van der Waals surface area contributed by atoms with Crippen molar-refractivity contribution in [2.45, 2.75) is 9.79 Å². The standard InChI is InChI=1S/C22H17N3O6S2/c26-32(27,28)21-12-5-4-9-17(21)13-14-18-10-6-11-20(22(18)33(29,30)31)25-23-15-19(24-25)16-7-2-1-3-8-16/h1-15H,(H,26,27,28)(H,29,30,31)/b14-13+. The summed E-state index contributed by atoms with van der Waals surface area (Å²) in [5, 5.41) is 8.46. The molecule has 0 aliphatic rings. The lowest BCUT2D eigenvalue weighted by Crippen LogP contribution is -2.10. The second-order valence-corrected chi connectivity index (χ2v) is 9.65. The third-order valence-corrected chi connectivity index (χ3v) is 6.59. The van der Waals surface area contributed by atoms with Crippen molar-refractivity contribution >= 4 is 32.4 Å². The van der Waals surface area contributed by atoms with Crippen LogP contribution in [-0.2, 0) is 20.2 Å². The molecule has 9 nitrogen and oxygen atoms in total. The van der Waals surface area contributed by atoms with Crippen LogP contribution in [0.15, 0.2) is 88.8 Å². The predicted octanol–water partition coefficient (Wildman–Crippen LogP) is 3.60. The molecule has 1 aromatic heterocycles. The highest BCUT2D eigenvalue weighted by Crippen LogP contribution is 2.27. The van der Waals surface area contributed by atoms with Crippen molar-refractivity contribution in [3.8, 4) is 16.9 Å². The van der Waals surface area contributed by atoms with Gasteiger partial charge in [0.1, 0.15) is 21.2 Å². The molecular weight excluding hydrogens is 466 g/mol. The average Bonchev–Trinajstić information content (AvgIpc) is 3.27. The molecule has 4 aromatic rings. The number of nitrogens with zero attached hydrogens (tertiary/aromatic N) is 3. The van der Waals surface area contributed by atoms with Gasteiger partial charge in [-0.05, 0) is 23.3 Å². The topological polar surface area (TPSA) is 139 Å². The molecule has 0 bridgehead atoms. The molecule has 33 heavy (non-hydrogen) atoms. The van der Waals surface area contributed by atoms with Gasteiger partial charge in [-0.1, -0.05) is 72.8 Å². The smallest absolute Gasteiger partial charge is 0.282 e. The first-order chi connectivity index (χ1) is 15.6. The van der Waals surface area contributed by atoms with Crippen molar-refractivity contribution < 1.29 is 25.9 Å². The van der Waals surface area contributed by atoms with Crippen LogP contribution < -0.4 is 0 Å². The van der Waals surface area contributed by atoms with Gasteiger partial charge >= 0.3 is 0 Å². The zero-order valence-electron chi connectivity index (χ0n) is 16.8. The van der Waals surface area contributed by atoms with Gasteiger partial charge in [0, 0.05) is 5.56 Å². The Hall–Kier alpha value is -3.64. The van der Waals surface area contributed by atoms with Crippen LogP contribution in [0.4, 0.5) is 0 Å². The zero-order valence-corrected chi connectivity index (χ0v) is 18.5. The highest BCUT2D eigenvalue weighted by atomic mass is 32.2. The predicted molar refractivity (Wildman–Crippen MR) is 122 cm³/mol. The summed E-state index contributed by atoms with van der Waals surface area (Å²) in [6.07, 6.45) is 4.11. The molecule has 168 valence electrons. The van der Waals surface area contributed by atoms with Crippen LogP contribution >= 0.6 is 0 Å². The maximum atomic E-state index is 12.3.